The van der Waals surface area contributed by atoms with E-state index in [2.05, 4.69) is 20.5 Å². The van der Waals surface area contributed by atoms with Gasteiger partial charge in [0.15, 0.2) is 0 Å². The van der Waals surface area contributed by atoms with Gasteiger partial charge in [-0.25, -0.2) is 4.79 Å². The van der Waals surface area contributed by atoms with Crippen molar-refractivity contribution in [2.24, 2.45) is 0 Å². The number of piperazine rings is 1. The van der Waals surface area contributed by atoms with E-state index in [1.165, 1.54) is 0 Å². The highest BCUT2D eigenvalue weighted by molar-refractivity contribution is 7.80. The second-order valence-electron chi connectivity index (χ2n) is 6.57. The number of urea groups is 1. The van der Waals surface area contributed by atoms with Gasteiger partial charge in [0.05, 0.1) is 12.6 Å². The summed E-state index contributed by atoms with van der Waals surface area (Å²) >= 11 is 0. The highest BCUT2D eigenvalue weighted by atomic mass is 32.3. The molecule has 0 aromatic heterocycles. The molecule has 2 atom stereocenters. The first-order valence-electron chi connectivity index (χ1n) is 8.53. The molecule has 3 heterocycles. The molecular weight excluding hydrogens is 384 g/mol. The Balaban J connectivity index is 1.50. The van der Waals surface area contributed by atoms with E-state index in [-0.39, 0.29) is 25.4 Å². The Morgan fingerprint density at radius 3 is 2.59 bits per heavy atom. The molecule has 4 amide bonds. The van der Waals surface area contributed by atoms with Crippen molar-refractivity contribution in [3.63, 3.8) is 0 Å². The average molecular weight is 406 g/mol. The fraction of sp³-hybridized carbons (Fsp3) is 0.769. The van der Waals surface area contributed by atoms with E-state index in [4.69, 9.17) is 4.55 Å². The minimum absolute atomic E-state index is 0.0845. The number of carbonyl (C=O) groups excluding carboxylic acids is 3. The zero-order chi connectivity index (χ0) is 19.6. The Hall–Kier alpha value is -2.00. The third-order valence-electron chi connectivity index (χ3n) is 4.70. The SMILES string of the molecule is O=C(CN1CCNCC1)NNC(=O)[C@@H]1CCC2CN1C(=O)N2OS(=O)(=O)O. The lowest BCUT2D eigenvalue weighted by molar-refractivity contribution is -0.132. The number of carbonyl (C=O) groups is 3. The number of amides is 4. The Labute approximate surface area is 155 Å². The number of nitrogens with zero attached hydrogens (tertiary/aromatic N) is 3. The molecular formula is C13H22N6O7S. The zero-order valence-electron chi connectivity index (χ0n) is 14.5. The van der Waals surface area contributed by atoms with Crippen LogP contribution in [0.1, 0.15) is 12.8 Å². The number of hydrogen-bond donors (Lipinski definition) is 4. The van der Waals surface area contributed by atoms with Crippen LogP contribution in [0.3, 0.4) is 0 Å². The molecule has 0 radical (unpaired) electrons. The molecule has 0 saturated carbocycles. The molecule has 3 aliphatic rings. The molecule has 152 valence electrons. The average Bonchev–Trinajstić information content (AvgIpc) is 2.84. The molecule has 14 heteroatoms. The molecule has 3 saturated heterocycles. The Kier molecular flexibility index (Phi) is 5.81. The molecule has 13 nitrogen and oxygen atoms in total. The number of piperidine rings is 1. The Morgan fingerprint density at radius 2 is 1.93 bits per heavy atom. The molecule has 3 rings (SSSR count). The first-order chi connectivity index (χ1) is 12.7. The van der Waals surface area contributed by atoms with Crippen LogP contribution in [-0.4, -0.2) is 97.0 Å². The fourth-order valence-electron chi connectivity index (χ4n) is 3.43. The van der Waals surface area contributed by atoms with Gasteiger partial charge in [-0.05, 0) is 12.8 Å². The van der Waals surface area contributed by atoms with Gasteiger partial charge in [0, 0.05) is 32.7 Å². The second kappa shape index (κ2) is 7.93. The predicted octanol–water partition coefficient (Wildman–Crippen LogP) is -2.96. The summed E-state index contributed by atoms with van der Waals surface area (Å²) in [5.74, 6) is -0.952. The minimum atomic E-state index is -4.84. The van der Waals surface area contributed by atoms with Gasteiger partial charge < -0.3 is 10.2 Å². The van der Waals surface area contributed by atoms with Crippen LogP contribution in [-0.2, 0) is 24.3 Å². The van der Waals surface area contributed by atoms with E-state index < -0.39 is 34.4 Å². The molecule has 27 heavy (non-hydrogen) atoms. The maximum atomic E-state index is 12.3. The van der Waals surface area contributed by atoms with Crippen LogP contribution in [0.15, 0.2) is 0 Å². The van der Waals surface area contributed by atoms with E-state index in [0.717, 1.165) is 31.1 Å². The van der Waals surface area contributed by atoms with Gasteiger partial charge in [-0.2, -0.15) is 13.5 Å². The van der Waals surface area contributed by atoms with Crippen LogP contribution in [0.4, 0.5) is 4.79 Å². The monoisotopic (exact) mass is 406 g/mol. The first-order valence-corrected chi connectivity index (χ1v) is 9.90. The predicted molar refractivity (Wildman–Crippen MR) is 89.0 cm³/mol. The third-order valence-corrected chi connectivity index (χ3v) is 5.05. The summed E-state index contributed by atoms with van der Waals surface area (Å²) in [6.07, 6.45) is 0.575. The Bertz CT molecular complexity index is 710. The highest BCUT2D eigenvalue weighted by Crippen LogP contribution is 2.30. The molecule has 4 N–H and O–H groups in total. The largest absolute Gasteiger partial charge is 0.418 e. The summed E-state index contributed by atoms with van der Waals surface area (Å²) < 4.78 is 34.8. The lowest BCUT2D eigenvalue weighted by atomic mass is 10.0. The van der Waals surface area contributed by atoms with E-state index in [1.807, 2.05) is 4.90 Å². The van der Waals surface area contributed by atoms with Crippen LogP contribution >= 0.6 is 0 Å². The van der Waals surface area contributed by atoms with E-state index in [0.29, 0.717) is 11.5 Å². The number of nitrogens with one attached hydrogen (secondary N) is 3. The summed E-state index contributed by atoms with van der Waals surface area (Å²) in [5.41, 5.74) is 4.64. The Morgan fingerprint density at radius 1 is 1.22 bits per heavy atom. The van der Waals surface area contributed by atoms with Crippen molar-refractivity contribution >= 4 is 28.2 Å². The number of hydroxylamine groups is 2. The number of fused-ring (bicyclic) bond motifs is 2. The molecule has 3 fully saturated rings. The van der Waals surface area contributed by atoms with Crippen molar-refractivity contribution in [3.8, 4) is 0 Å². The van der Waals surface area contributed by atoms with Gasteiger partial charge in [-0.15, -0.1) is 4.28 Å². The zero-order valence-corrected chi connectivity index (χ0v) is 15.3. The molecule has 0 spiro atoms. The second-order valence-corrected chi connectivity index (χ2v) is 7.58. The molecule has 3 aliphatic heterocycles. The highest BCUT2D eigenvalue weighted by Gasteiger charge is 2.49. The van der Waals surface area contributed by atoms with Crippen molar-refractivity contribution in [2.45, 2.75) is 24.9 Å². The molecule has 2 bridgehead atoms. The summed E-state index contributed by atoms with van der Waals surface area (Å²) in [6, 6.07) is -2.28. The van der Waals surface area contributed by atoms with Crippen molar-refractivity contribution in [1.82, 2.24) is 31.0 Å². The standard InChI is InChI=1S/C13H22N6O7S/c20-11(8-17-5-3-14-4-6-17)15-16-12(21)10-2-1-9-7-18(10)13(22)19(9)26-27(23,24)25/h9-10,14H,1-8H2,(H,15,20)(H,16,21)(H,23,24,25)/t9?,10-/m0/s1. The first kappa shape index (κ1) is 19.8. The van der Waals surface area contributed by atoms with E-state index in [9.17, 15) is 22.8 Å². The maximum Gasteiger partial charge on any atom is 0.418 e. The van der Waals surface area contributed by atoms with Gasteiger partial charge >= 0.3 is 16.4 Å². The lowest BCUT2D eigenvalue weighted by Gasteiger charge is -2.29. The normalized spacial score (nSPS) is 26.2. The summed E-state index contributed by atoms with van der Waals surface area (Å²) in [6.45, 7) is 3.28. The van der Waals surface area contributed by atoms with Gasteiger partial charge in [-0.3, -0.25) is 29.9 Å². The molecule has 1 unspecified atom stereocenters. The maximum absolute atomic E-state index is 12.3. The number of hydrogen-bond acceptors (Lipinski definition) is 8. The van der Waals surface area contributed by atoms with Crippen molar-refractivity contribution < 1.29 is 31.6 Å². The lowest BCUT2D eigenvalue weighted by Crippen LogP contribution is -2.56. The van der Waals surface area contributed by atoms with Gasteiger partial charge in [0.2, 0.25) is 0 Å². The van der Waals surface area contributed by atoms with Gasteiger partial charge in [0.25, 0.3) is 11.8 Å². The summed E-state index contributed by atoms with van der Waals surface area (Å²) in [7, 11) is -4.84. The summed E-state index contributed by atoms with van der Waals surface area (Å²) in [4.78, 5) is 39.6. The summed E-state index contributed by atoms with van der Waals surface area (Å²) in [5, 5.41) is 3.73. The van der Waals surface area contributed by atoms with Crippen LogP contribution in [0, 0.1) is 0 Å². The minimum Gasteiger partial charge on any atom is -0.314 e. The van der Waals surface area contributed by atoms with Crippen LogP contribution < -0.4 is 16.2 Å². The fourth-order valence-corrected chi connectivity index (χ4v) is 3.82. The molecule has 0 aromatic carbocycles. The van der Waals surface area contributed by atoms with E-state index >= 15 is 0 Å². The van der Waals surface area contributed by atoms with Crippen LogP contribution in [0.25, 0.3) is 0 Å². The number of rotatable bonds is 5. The van der Waals surface area contributed by atoms with Gasteiger partial charge in [0.1, 0.15) is 6.04 Å². The molecule has 0 aliphatic carbocycles. The van der Waals surface area contributed by atoms with Crippen LogP contribution in [0.2, 0.25) is 0 Å². The van der Waals surface area contributed by atoms with Crippen molar-refractivity contribution in [2.75, 3.05) is 39.3 Å². The number of hydrazine groups is 1. The third kappa shape index (κ3) is 4.84. The quantitative estimate of drug-likeness (QED) is 0.276. The molecule has 0 aromatic rings. The van der Waals surface area contributed by atoms with Crippen LogP contribution in [0.5, 0.6) is 0 Å². The van der Waals surface area contributed by atoms with Gasteiger partial charge in [-0.1, -0.05) is 0 Å². The smallest absolute Gasteiger partial charge is 0.314 e. The van der Waals surface area contributed by atoms with E-state index in [1.54, 1.807) is 0 Å². The topological polar surface area (TPSA) is 161 Å². The van der Waals surface area contributed by atoms with Crippen molar-refractivity contribution in [1.29, 1.82) is 0 Å². The van der Waals surface area contributed by atoms with Crippen molar-refractivity contribution in [3.05, 3.63) is 0 Å².